The highest BCUT2D eigenvalue weighted by Gasteiger charge is 2.06. The zero-order valence-electron chi connectivity index (χ0n) is 23.7. The number of nitrogens with zero attached hydrogens (tertiary/aromatic N) is 3. The van der Waals surface area contributed by atoms with Crippen molar-refractivity contribution in [2.45, 2.75) is 136 Å². The van der Waals surface area contributed by atoms with E-state index in [4.69, 9.17) is 0 Å². The molecule has 0 aliphatic heterocycles. The zero-order valence-corrected chi connectivity index (χ0v) is 23.7. The van der Waals surface area contributed by atoms with Crippen LogP contribution in [0.5, 0.6) is 0 Å². The van der Waals surface area contributed by atoms with Crippen LogP contribution in [-0.2, 0) is 0 Å². The van der Waals surface area contributed by atoms with E-state index in [0.29, 0.717) is 17.8 Å². The maximum Gasteiger partial charge on any atom is 0.244 e. The molecular formula is C27H57N9. The molecule has 0 radical (unpaired) electrons. The molecule has 210 valence electrons. The molecule has 9 heteroatoms. The lowest BCUT2D eigenvalue weighted by molar-refractivity contribution is 0.587. The van der Waals surface area contributed by atoms with Gasteiger partial charge in [0.15, 0.2) is 0 Å². The van der Waals surface area contributed by atoms with Gasteiger partial charge >= 0.3 is 0 Å². The Morgan fingerprint density at radius 1 is 0.361 bits per heavy atom. The number of aromatic nitrogens is 3. The van der Waals surface area contributed by atoms with Crippen molar-refractivity contribution in [2.75, 3.05) is 35.9 Å². The lowest BCUT2D eigenvalue weighted by atomic mass is 10.1. The highest BCUT2D eigenvalue weighted by Crippen LogP contribution is 2.09. The van der Waals surface area contributed by atoms with E-state index in [2.05, 4.69) is 68.3 Å². The van der Waals surface area contributed by atoms with Crippen molar-refractivity contribution in [1.29, 1.82) is 0 Å². The van der Waals surface area contributed by atoms with Crippen molar-refractivity contribution >= 4 is 17.8 Å². The van der Waals surface area contributed by atoms with Gasteiger partial charge < -0.3 is 0 Å². The van der Waals surface area contributed by atoms with Crippen molar-refractivity contribution in [3.63, 3.8) is 0 Å². The molecule has 0 unspecified atom stereocenters. The minimum absolute atomic E-state index is 0.503. The Morgan fingerprint density at radius 2 is 0.611 bits per heavy atom. The van der Waals surface area contributed by atoms with Crippen LogP contribution in [0.2, 0.25) is 0 Å². The van der Waals surface area contributed by atoms with Gasteiger partial charge in [-0.2, -0.15) is 15.0 Å². The van der Waals surface area contributed by atoms with Crippen LogP contribution in [0, 0.1) is 0 Å². The Morgan fingerprint density at radius 3 is 0.889 bits per heavy atom. The minimum Gasteiger partial charge on any atom is -0.289 e. The first-order valence-corrected chi connectivity index (χ1v) is 15.0. The molecule has 0 amide bonds. The van der Waals surface area contributed by atoms with Gasteiger partial charge in [-0.1, -0.05) is 117 Å². The minimum atomic E-state index is 0.503. The van der Waals surface area contributed by atoms with Crippen molar-refractivity contribution < 1.29 is 0 Å². The lowest BCUT2D eigenvalue weighted by Crippen LogP contribution is -2.29. The van der Waals surface area contributed by atoms with Gasteiger partial charge in [-0.15, -0.1) is 0 Å². The van der Waals surface area contributed by atoms with Gasteiger partial charge in [0.1, 0.15) is 0 Å². The zero-order chi connectivity index (χ0) is 25.9. The summed E-state index contributed by atoms with van der Waals surface area (Å²) in [6.07, 6.45) is 22.9. The summed E-state index contributed by atoms with van der Waals surface area (Å²) in [7, 11) is 0. The predicted molar refractivity (Wildman–Crippen MR) is 155 cm³/mol. The van der Waals surface area contributed by atoms with Crippen LogP contribution in [0.15, 0.2) is 0 Å². The third kappa shape index (κ3) is 19.5. The van der Waals surface area contributed by atoms with E-state index in [9.17, 15) is 0 Å². The fraction of sp³-hybridized carbons (Fsp3) is 0.889. The molecule has 0 atom stereocenters. The molecule has 36 heavy (non-hydrogen) atoms. The van der Waals surface area contributed by atoms with Crippen LogP contribution >= 0.6 is 0 Å². The largest absolute Gasteiger partial charge is 0.289 e. The molecule has 1 aromatic heterocycles. The van der Waals surface area contributed by atoms with E-state index in [1.807, 2.05) is 0 Å². The van der Waals surface area contributed by atoms with E-state index >= 15 is 0 Å². The molecule has 0 bridgehead atoms. The maximum absolute atomic E-state index is 4.50. The Labute approximate surface area is 221 Å². The first-order valence-electron chi connectivity index (χ1n) is 15.0. The third-order valence-corrected chi connectivity index (χ3v) is 6.20. The monoisotopic (exact) mass is 507 g/mol. The number of unbranched alkanes of at least 4 members (excludes halogenated alkanes) is 15. The number of anilines is 3. The fourth-order valence-electron chi connectivity index (χ4n) is 3.95. The summed E-state index contributed by atoms with van der Waals surface area (Å²) in [5, 5.41) is 0. The average Bonchev–Trinajstić information content (AvgIpc) is 2.89. The lowest BCUT2D eigenvalue weighted by Gasteiger charge is -2.13. The Balaban J connectivity index is 2.40. The van der Waals surface area contributed by atoms with Crippen LogP contribution in [0.4, 0.5) is 17.8 Å². The Hall–Kier alpha value is -1.71. The molecule has 0 saturated carbocycles. The highest BCUT2D eigenvalue weighted by molar-refractivity contribution is 5.40. The number of hydrogen-bond acceptors (Lipinski definition) is 9. The summed E-state index contributed by atoms with van der Waals surface area (Å²) in [5.41, 5.74) is 19.2. The van der Waals surface area contributed by atoms with Crippen LogP contribution in [-0.4, -0.2) is 34.6 Å². The Bertz CT molecular complexity index is 507. The molecule has 6 N–H and O–H groups in total. The molecule has 1 rings (SSSR count). The number of rotatable bonds is 27. The maximum atomic E-state index is 4.50. The smallest absolute Gasteiger partial charge is 0.244 e. The number of nitrogens with one attached hydrogen (secondary N) is 6. The van der Waals surface area contributed by atoms with Gasteiger partial charge in [0.25, 0.3) is 0 Å². The van der Waals surface area contributed by atoms with Crippen molar-refractivity contribution in [3.8, 4) is 0 Å². The summed E-state index contributed by atoms with van der Waals surface area (Å²) in [4.78, 5) is 13.5. The van der Waals surface area contributed by atoms with Crippen molar-refractivity contribution in [2.24, 2.45) is 0 Å². The molecule has 0 fully saturated rings. The molecule has 0 spiro atoms. The standard InChI is InChI=1S/C27H57N9/c1-4-7-10-13-16-19-22-28-34-25-31-26(35-29-23-20-17-14-11-8-5-2)33-27(32-25)36-30-24-21-18-15-12-9-6-3/h28-30H,4-24H2,1-3H3,(H3,31,32,33,34,35,36). The van der Waals surface area contributed by atoms with Gasteiger partial charge in [-0.25, -0.2) is 16.3 Å². The molecule has 1 aromatic rings. The summed E-state index contributed by atoms with van der Waals surface area (Å²) in [6.45, 7) is 9.41. The first-order chi connectivity index (χ1) is 17.8. The van der Waals surface area contributed by atoms with Gasteiger partial charge in [0.2, 0.25) is 17.8 Å². The second-order valence-corrected chi connectivity index (χ2v) is 9.76. The summed E-state index contributed by atoms with van der Waals surface area (Å²) in [6, 6.07) is 0. The van der Waals surface area contributed by atoms with Gasteiger partial charge in [0.05, 0.1) is 0 Å². The quantitative estimate of drug-likeness (QED) is 0.0572. The van der Waals surface area contributed by atoms with Crippen LogP contribution in [0.3, 0.4) is 0 Å². The topological polar surface area (TPSA) is 111 Å². The number of hydrogen-bond donors (Lipinski definition) is 6. The summed E-state index contributed by atoms with van der Waals surface area (Å²) >= 11 is 0. The van der Waals surface area contributed by atoms with E-state index in [-0.39, 0.29) is 0 Å². The van der Waals surface area contributed by atoms with E-state index in [1.54, 1.807) is 0 Å². The SMILES string of the molecule is CCCCCCCCNNc1nc(NNCCCCCCCC)nc(NNCCCCCCCC)n1. The Kier molecular flexibility index (Phi) is 22.4. The van der Waals surface area contributed by atoms with Crippen molar-refractivity contribution in [3.05, 3.63) is 0 Å². The molecule has 9 nitrogen and oxygen atoms in total. The molecule has 1 heterocycles. The van der Waals surface area contributed by atoms with E-state index in [0.717, 1.165) is 38.9 Å². The summed E-state index contributed by atoms with van der Waals surface area (Å²) < 4.78 is 0. The van der Waals surface area contributed by atoms with Crippen molar-refractivity contribution in [1.82, 2.24) is 31.2 Å². The molecule has 0 aliphatic carbocycles. The van der Waals surface area contributed by atoms with Crippen LogP contribution in [0.1, 0.15) is 136 Å². The van der Waals surface area contributed by atoms with E-state index < -0.39 is 0 Å². The predicted octanol–water partition coefficient (Wildman–Crippen LogP) is 6.70. The van der Waals surface area contributed by atoms with Crippen LogP contribution < -0.4 is 32.6 Å². The second-order valence-electron chi connectivity index (χ2n) is 9.76. The van der Waals surface area contributed by atoms with Gasteiger partial charge in [0, 0.05) is 19.6 Å². The highest BCUT2D eigenvalue weighted by atomic mass is 15.5. The third-order valence-electron chi connectivity index (χ3n) is 6.20. The second kappa shape index (κ2) is 25.0. The molecule has 0 aromatic carbocycles. The molecular weight excluding hydrogens is 450 g/mol. The fourth-order valence-corrected chi connectivity index (χ4v) is 3.95. The van der Waals surface area contributed by atoms with Crippen LogP contribution in [0.25, 0.3) is 0 Å². The molecule has 0 aliphatic rings. The van der Waals surface area contributed by atoms with Gasteiger partial charge in [-0.3, -0.25) is 16.3 Å². The van der Waals surface area contributed by atoms with Gasteiger partial charge in [-0.05, 0) is 19.3 Å². The van der Waals surface area contributed by atoms with E-state index in [1.165, 1.54) is 96.3 Å². The average molecular weight is 508 g/mol. The normalized spacial score (nSPS) is 11.1. The first kappa shape index (κ1) is 32.3. The number of hydrazine groups is 3. The molecule has 0 saturated heterocycles. The summed E-state index contributed by atoms with van der Waals surface area (Å²) in [5.74, 6) is 1.51.